The predicted octanol–water partition coefficient (Wildman–Crippen LogP) is 7.14. The van der Waals surface area contributed by atoms with Gasteiger partial charge >= 0.3 is 0 Å². The molecule has 0 aliphatic rings. The van der Waals surface area contributed by atoms with Crippen LogP contribution in [0, 0.1) is 0 Å². The van der Waals surface area contributed by atoms with Crippen LogP contribution in [-0.2, 0) is 0 Å². The second-order valence-electron chi connectivity index (χ2n) is 6.54. The molecule has 2 rings (SSSR count). The zero-order chi connectivity index (χ0) is 16.2. The van der Waals surface area contributed by atoms with Crippen LogP contribution in [0.15, 0.2) is 42.5 Å². The standard InChI is InChI=1S/C22H32O/c1-2-3-4-5-6-7-8-9-10-13-18-23-22-17-16-20-14-11-12-15-21(20)19-22/h11-12,14-17,19H,2-10,13,18H2,1H3. The van der Waals surface area contributed by atoms with Gasteiger partial charge in [-0.15, -0.1) is 0 Å². The predicted molar refractivity (Wildman–Crippen MR) is 101 cm³/mol. The molecule has 2 aromatic carbocycles. The molecule has 0 saturated carbocycles. The highest BCUT2D eigenvalue weighted by Gasteiger charge is 1.97. The number of benzene rings is 2. The Kier molecular flexibility index (Phi) is 8.61. The highest BCUT2D eigenvalue weighted by atomic mass is 16.5. The molecule has 0 atom stereocenters. The number of rotatable bonds is 12. The lowest BCUT2D eigenvalue weighted by Gasteiger charge is -2.07. The highest BCUT2D eigenvalue weighted by Crippen LogP contribution is 2.20. The van der Waals surface area contributed by atoms with Crippen LogP contribution in [0.3, 0.4) is 0 Å². The Labute approximate surface area is 142 Å². The summed E-state index contributed by atoms with van der Waals surface area (Å²) in [5.41, 5.74) is 0. The molecule has 0 radical (unpaired) electrons. The normalized spacial score (nSPS) is 11.0. The molecule has 0 spiro atoms. The van der Waals surface area contributed by atoms with Crippen molar-refractivity contribution in [2.24, 2.45) is 0 Å². The van der Waals surface area contributed by atoms with Gasteiger partial charge in [0.15, 0.2) is 0 Å². The van der Waals surface area contributed by atoms with Gasteiger partial charge < -0.3 is 4.74 Å². The summed E-state index contributed by atoms with van der Waals surface area (Å²) in [7, 11) is 0. The van der Waals surface area contributed by atoms with Crippen molar-refractivity contribution in [3.05, 3.63) is 42.5 Å². The molecule has 0 aromatic heterocycles. The molecule has 1 heteroatoms. The molecule has 0 N–H and O–H groups in total. The van der Waals surface area contributed by atoms with Crippen LogP contribution in [0.2, 0.25) is 0 Å². The van der Waals surface area contributed by atoms with Crippen molar-refractivity contribution in [3.63, 3.8) is 0 Å². The molecule has 0 amide bonds. The van der Waals surface area contributed by atoms with Crippen molar-refractivity contribution in [1.29, 1.82) is 0 Å². The first-order valence-electron chi connectivity index (χ1n) is 9.52. The fourth-order valence-electron chi connectivity index (χ4n) is 3.04. The third-order valence-electron chi connectivity index (χ3n) is 4.49. The van der Waals surface area contributed by atoms with Crippen molar-refractivity contribution in [1.82, 2.24) is 0 Å². The van der Waals surface area contributed by atoms with E-state index in [1.54, 1.807) is 0 Å². The van der Waals surface area contributed by atoms with Gasteiger partial charge in [-0.1, -0.05) is 95.0 Å². The van der Waals surface area contributed by atoms with Gasteiger partial charge in [0.05, 0.1) is 6.61 Å². The van der Waals surface area contributed by atoms with Gasteiger partial charge in [-0.2, -0.15) is 0 Å². The number of fused-ring (bicyclic) bond motifs is 1. The lowest BCUT2D eigenvalue weighted by atomic mass is 10.1. The first-order valence-corrected chi connectivity index (χ1v) is 9.52. The summed E-state index contributed by atoms with van der Waals surface area (Å²) in [6.45, 7) is 3.12. The molecule has 0 aliphatic carbocycles. The van der Waals surface area contributed by atoms with Gasteiger partial charge in [-0.25, -0.2) is 0 Å². The van der Waals surface area contributed by atoms with Crippen LogP contribution in [0.4, 0.5) is 0 Å². The van der Waals surface area contributed by atoms with E-state index in [1.807, 2.05) is 0 Å². The first-order chi connectivity index (χ1) is 11.4. The zero-order valence-electron chi connectivity index (χ0n) is 14.7. The van der Waals surface area contributed by atoms with Crippen molar-refractivity contribution >= 4 is 10.8 Å². The molecule has 1 nitrogen and oxygen atoms in total. The molecular formula is C22H32O. The van der Waals surface area contributed by atoms with E-state index in [4.69, 9.17) is 4.74 Å². The third-order valence-corrected chi connectivity index (χ3v) is 4.49. The maximum absolute atomic E-state index is 5.89. The second kappa shape index (κ2) is 11.1. The van der Waals surface area contributed by atoms with E-state index in [-0.39, 0.29) is 0 Å². The summed E-state index contributed by atoms with van der Waals surface area (Å²) in [6.07, 6.45) is 13.7. The van der Waals surface area contributed by atoms with Gasteiger partial charge in [-0.05, 0) is 29.3 Å². The van der Waals surface area contributed by atoms with Crippen molar-refractivity contribution in [2.75, 3.05) is 6.61 Å². The summed E-state index contributed by atoms with van der Waals surface area (Å²) >= 11 is 0. The van der Waals surface area contributed by atoms with Crippen molar-refractivity contribution in [2.45, 2.75) is 71.1 Å². The van der Waals surface area contributed by atoms with Gasteiger partial charge in [0.2, 0.25) is 0 Å². The molecule has 0 unspecified atom stereocenters. The van der Waals surface area contributed by atoms with Crippen LogP contribution >= 0.6 is 0 Å². The Morgan fingerprint density at radius 3 is 1.96 bits per heavy atom. The quantitative estimate of drug-likeness (QED) is 0.378. The molecule has 0 aliphatic heterocycles. The van der Waals surface area contributed by atoms with Crippen LogP contribution in [0.1, 0.15) is 71.1 Å². The van der Waals surface area contributed by atoms with E-state index < -0.39 is 0 Å². The molecule has 2 aromatic rings. The fraction of sp³-hybridized carbons (Fsp3) is 0.545. The van der Waals surface area contributed by atoms with Crippen LogP contribution in [0.25, 0.3) is 10.8 Å². The van der Waals surface area contributed by atoms with Crippen molar-refractivity contribution in [3.8, 4) is 5.75 Å². The number of hydrogen-bond acceptors (Lipinski definition) is 1. The Bertz CT molecular complexity index is 546. The molecule has 23 heavy (non-hydrogen) atoms. The van der Waals surface area contributed by atoms with Crippen LogP contribution < -0.4 is 4.74 Å². The molecule has 0 saturated heterocycles. The summed E-state index contributed by atoms with van der Waals surface area (Å²) in [4.78, 5) is 0. The fourth-order valence-corrected chi connectivity index (χ4v) is 3.04. The zero-order valence-corrected chi connectivity index (χ0v) is 14.7. The Morgan fingerprint density at radius 2 is 1.26 bits per heavy atom. The number of ether oxygens (including phenoxy) is 1. The minimum Gasteiger partial charge on any atom is -0.494 e. The van der Waals surface area contributed by atoms with E-state index in [1.165, 1.54) is 75.0 Å². The Balaban J connectivity index is 1.50. The lowest BCUT2D eigenvalue weighted by Crippen LogP contribution is -1.97. The number of hydrogen-bond donors (Lipinski definition) is 0. The summed E-state index contributed by atoms with van der Waals surface area (Å²) in [6, 6.07) is 14.8. The van der Waals surface area contributed by atoms with Crippen LogP contribution in [0.5, 0.6) is 5.75 Å². The van der Waals surface area contributed by atoms with Gasteiger partial charge in [0.25, 0.3) is 0 Å². The Hall–Kier alpha value is -1.50. The molecule has 0 fully saturated rings. The van der Waals surface area contributed by atoms with Crippen LogP contribution in [-0.4, -0.2) is 6.61 Å². The average molecular weight is 312 g/mol. The monoisotopic (exact) mass is 312 g/mol. The van der Waals surface area contributed by atoms with Gasteiger partial charge in [0, 0.05) is 0 Å². The largest absolute Gasteiger partial charge is 0.494 e. The van der Waals surface area contributed by atoms with Gasteiger partial charge in [-0.3, -0.25) is 0 Å². The smallest absolute Gasteiger partial charge is 0.119 e. The minimum absolute atomic E-state index is 0.842. The first kappa shape index (κ1) is 17.8. The topological polar surface area (TPSA) is 9.23 Å². The highest BCUT2D eigenvalue weighted by molar-refractivity contribution is 5.83. The molecule has 126 valence electrons. The Morgan fingerprint density at radius 1 is 0.652 bits per heavy atom. The number of unbranched alkanes of at least 4 members (excludes halogenated alkanes) is 9. The third kappa shape index (κ3) is 7.07. The molecular weight excluding hydrogens is 280 g/mol. The van der Waals surface area contributed by atoms with E-state index in [9.17, 15) is 0 Å². The summed E-state index contributed by atoms with van der Waals surface area (Å²) in [5.74, 6) is 1.000. The minimum atomic E-state index is 0.842. The van der Waals surface area contributed by atoms with E-state index in [0.29, 0.717) is 0 Å². The molecule has 0 bridgehead atoms. The van der Waals surface area contributed by atoms with Crippen molar-refractivity contribution < 1.29 is 4.74 Å². The maximum Gasteiger partial charge on any atom is 0.119 e. The second-order valence-corrected chi connectivity index (χ2v) is 6.54. The van der Waals surface area contributed by atoms with Gasteiger partial charge in [0.1, 0.15) is 5.75 Å². The van der Waals surface area contributed by atoms with E-state index in [0.717, 1.165) is 12.4 Å². The average Bonchev–Trinajstić information content (AvgIpc) is 2.59. The lowest BCUT2D eigenvalue weighted by molar-refractivity contribution is 0.304. The molecule has 0 heterocycles. The summed E-state index contributed by atoms with van der Waals surface area (Å²) in [5, 5.41) is 2.53. The maximum atomic E-state index is 5.89. The van der Waals surface area contributed by atoms with E-state index in [2.05, 4.69) is 49.4 Å². The van der Waals surface area contributed by atoms with E-state index >= 15 is 0 Å². The summed E-state index contributed by atoms with van der Waals surface area (Å²) < 4.78 is 5.89. The SMILES string of the molecule is CCCCCCCCCCCCOc1ccc2ccccc2c1.